The molecule has 3 aliphatic heterocycles. The summed E-state index contributed by atoms with van der Waals surface area (Å²) in [6.45, 7) is 13.2. The maximum absolute atomic E-state index is 13.3. The number of unbranched alkanes of at least 4 members (excludes halogenated alkanes) is 1. The van der Waals surface area contributed by atoms with Crippen molar-refractivity contribution in [2.24, 2.45) is 0 Å². The quantitative estimate of drug-likeness (QED) is 0.0435. The average Bonchev–Trinajstić information content (AvgIpc) is 4.00. The predicted molar refractivity (Wildman–Crippen MR) is 288 cm³/mol. The molecule has 0 spiro atoms. The number of anilines is 6. The van der Waals surface area contributed by atoms with Crippen molar-refractivity contribution in [3.63, 3.8) is 0 Å². The molecule has 7 N–H and O–H groups in total. The normalized spacial score (nSPS) is 15.8. The summed E-state index contributed by atoms with van der Waals surface area (Å²) in [5, 5.41) is 24.7. The number of hydrogen-bond donors (Lipinski definition) is 7. The third-order valence-corrected chi connectivity index (χ3v) is 14.3. The smallest absolute Gasteiger partial charge is 0.253 e. The highest BCUT2D eigenvalue weighted by atomic mass is 35.5. The first kappa shape index (κ1) is 53.1. The predicted octanol–water partition coefficient (Wildman–Crippen LogP) is 7.84. The summed E-state index contributed by atoms with van der Waals surface area (Å²) >= 11 is 12.5. The van der Waals surface area contributed by atoms with Gasteiger partial charge < -0.3 is 60.4 Å². The van der Waals surface area contributed by atoms with Gasteiger partial charge in [-0.1, -0.05) is 36.5 Å². The highest BCUT2D eigenvalue weighted by molar-refractivity contribution is 6.36. The van der Waals surface area contributed by atoms with Crippen molar-refractivity contribution in [1.29, 1.82) is 0 Å². The van der Waals surface area contributed by atoms with E-state index in [0.717, 1.165) is 95.2 Å². The summed E-state index contributed by atoms with van der Waals surface area (Å²) in [4.78, 5) is 59.5. The third-order valence-electron chi connectivity index (χ3n) is 13.7. The number of aromatic amines is 2. The Bertz CT molecular complexity index is 2810. The Morgan fingerprint density at radius 2 is 1.27 bits per heavy atom. The Kier molecular flexibility index (Phi) is 18.3. The molecule has 3 saturated heterocycles. The minimum atomic E-state index is -0.0123. The van der Waals surface area contributed by atoms with Crippen molar-refractivity contribution >= 4 is 92.0 Å². The van der Waals surface area contributed by atoms with Gasteiger partial charge in [-0.05, 0) is 82.0 Å². The summed E-state index contributed by atoms with van der Waals surface area (Å²) in [6.07, 6.45) is 9.39. The number of nitrogens with one attached hydrogen (secondary N) is 6. The lowest BCUT2D eigenvalue weighted by Crippen LogP contribution is -2.50. The molecule has 0 radical (unpaired) electrons. The molecule has 2 amide bonds. The van der Waals surface area contributed by atoms with Crippen LogP contribution in [-0.2, 0) is 4.74 Å². The monoisotopic (exact) mass is 1040 g/mol. The second-order valence-corrected chi connectivity index (χ2v) is 19.0. The number of carbonyl (C=O) groups excluding carboxylic acids is 2. The summed E-state index contributed by atoms with van der Waals surface area (Å²) in [5.74, 6) is 3.07. The number of aromatic nitrogens is 6. The molecule has 0 bridgehead atoms. The fourth-order valence-corrected chi connectivity index (χ4v) is 10.3. The van der Waals surface area contributed by atoms with Crippen LogP contribution in [0.25, 0.3) is 22.1 Å². The Labute approximate surface area is 435 Å². The number of methoxy groups -OCH3 is 2. The Balaban J connectivity index is 0.000000195. The van der Waals surface area contributed by atoms with E-state index in [0.29, 0.717) is 117 Å². The zero-order valence-corrected chi connectivity index (χ0v) is 43.8. The van der Waals surface area contributed by atoms with Crippen molar-refractivity contribution in [2.75, 3.05) is 121 Å². The van der Waals surface area contributed by atoms with Gasteiger partial charge in [0.25, 0.3) is 11.8 Å². The Morgan fingerprint density at radius 3 is 1.77 bits per heavy atom. The number of rotatable bonds is 18. The number of hydrogen-bond acceptors (Lipinski definition) is 16. The number of H-pyrrole nitrogens is 2. The molecule has 392 valence electrons. The van der Waals surface area contributed by atoms with E-state index in [1.54, 1.807) is 57.9 Å². The molecular weight excluding hydrogens is 976 g/mol. The molecule has 0 atom stereocenters. The molecule has 0 unspecified atom stereocenters. The number of piperidine rings is 2. The third kappa shape index (κ3) is 12.6. The highest BCUT2D eigenvalue weighted by Gasteiger charge is 2.30. The Morgan fingerprint density at radius 1 is 0.753 bits per heavy atom. The number of fused-ring (bicyclic) bond motifs is 2. The number of amides is 2. The van der Waals surface area contributed by atoms with Gasteiger partial charge in [0.1, 0.15) is 34.4 Å². The standard InChI is InChI=1S/C26H36ClN7O3.C25H32ClN7O3/c1-4-5-10-33(13-14-35)18-8-11-34(12-9-18)25(36)17-6-7-20(21(15-17)37-3)30-26-31-23(28-2)22-19(27)16-29-24(22)32-26;1-3-27-22-21-18(26)15-28-23(21)31-25(30-22)29-19-5-4-16(14-20(19)35-2)24(34)33-8-6-17(7-9-33)32-10-12-36-13-11-32/h6-7,15-16,18,35H,4-5,8-14H2,1-3H3,(H3,28,29,30,31,32);4-5,14-15,17H,3,6-13H2,1-2H3,(H3,27,28,29,30,31). The van der Waals surface area contributed by atoms with Gasteiger partial charge in [-0.2, -0.15) is 19.9 Å². The minimum absolute atomic E-state index is 0.0123. The molecule has 9 rings (SSSR count). The van der Waals surface area contributed by atoms with Gasteiger partial charge in [-0.25, -0.2) is 0 Å². The first-order valence-electron chi connectivity index (χ1n) is 25.2. The fraction of sp³-hybridized carbons (Fsp3) is 0.490. The second kappa shape index (κ2) is 25.2. The van der Waals surface area contributed by atoms with E-state index < -0.39 is 0 Å². The summed E-state index contributed by atoms with van der Waals surface area (Å²) in [5.41, 5.74) is 3.71. The van der Waals surface area contributed by atoms with Gasteiger partial charge in [-0.15, -0.1) is 0 Å². The zero-order chi connectivity index (χ0) is 51.4. The van der Waals surface area contributed by atoms with Crippen molar-refractivity contribution in [3.8, 4) is 11.5 Å². The van der Waals surface area contributed by atoms with Crippen LogP contribution in [-0.4, -0.2) is 178 Å². The summed E-state index contributed by atoms with van der Waals surface area (Å²) < 4.78 is 16.7. The number of nitrogens with zero attached hydrogens (tertiary/aromatic N) is 8. The molecule has 2 aromatic carbocycles. The van der Waals surface area contributed by atoms with Gasteiger partial charge in [0.15, 0.2) is 0 Å². The number of halogens is 2. The highest BCUT2D eigenvalue weighted by Crippen LogP contribution is 2.35. The van der Waals surface area contributed by atoms with Gasteiger partial charge in [0.05, 0.1) is 66.2 Å². The number of aliphatic hydroxyl groups is 1. The van der Waals surface area contributed by atoms with Gasteiger partial charge in [-0.3, -0.25) is 19.4 Å². The maximum atomic E-state index is 13.3. The lowest BCUT2D eigenvalue weighted by molar-refractivity contribution is 0.00159. The van der Waals surface area contributed by atoms with Crippen LogP contribution in [0.1, 0.15) is 73.1 Å². The number of morpholine rings is 1. The lowest BCUT2D eigenvalue weighted by Gasteiger charge is -2.40. The SMILES string of the molecule is CCCCN(CCO)C1CCN(C(=O)c2ccc(Nc3nc(NC)c4c(Cl)c[nH]c4n3)c(OC)c2)CC1.CCNc1nc(Nc2ccc(C(=O)N3CCC(N4CCOCC4)CC3)cc2OC)nc2[nH]cc(Cl)c12. The van der Waals surface area contributed by atoms with Crippen LogP contribution < -0.4 is 30.7 Å². The van der Waals surface area contributed by atoms with E-state index in [1.807, 2.05) is 28.9 Å². The van der Waals surface area contributed by atoms with Gasteiger partial charge in [0, 0.05) is 95.0 Å². The van der Waals surface area contributed by atoms with Crippen molar-refractivity contribution in [2.45, 2.75) is 64.5 Å². The fourth-order valence-electron chi connectivity index (χ4n) is 9.82. The average molecular weight is 1040 g/mol. The van der Waals surface area contributed by atoms with E-state index in [9.17, 15) is 14.7 Å². The van der Waals surface area contributed by atoms with E-state index in [1.165, 1.54) is 0 Å². The number of aliphatic hydroxyl groups excluding tert-OH is 1. The van der Waals surface area contributed by atoms with Crippen LogP contribution in [0.3, 0.4) is 0 Å². The molecule has 3 aliphatic rings. The van der Waals surface area contributed by atoms with Crippen LogP contribution in [0.2, 0.25) is 10.0 Å². The maximum Gasteiger partial charge on any atom is 0.253 e. The van der Waals surface area contributed by atoms with Gasteiger partial charge >= 0.3 is 0 Å². The molecule has 0 saturated carbocycles. The molecule has 73 heavy (non-hydrogen) atoms. The molecule has 4 aromatic heterocycles. The van der Waals surface area contributed by atoms with Crippen LogP contribution in [0.4, 0.5) is 34.9 Å². The molecule has 6 aromatic rings. The van der Waals surface area contributed by atoms with E-state index in [2.05, 4.69) is 67.9 Å². The van der Waals surface area contributed by atoms with Crippen molar-refractivity contribution in [1.82, 2.24) is 49.5 Å². The van der Waals surface area contributed by atoms with Gasteiger partial charge in [0.2, 0.25) is 11.9 Å². The number of ether oxygens (including phenoxy) is 3. The van der Waals surface area contributed by atoms with Crippen LogP contribution in [0, 0.1) is 0 Å². The first-order valence-corrected chi connectivity index (χ1v) is 26.0. The van der Waals surface area contributed by atoms with Crippen molar-refractivity contribution < 1.29 is 28.9 Å². The molecule has 3 fully saturated rings. The summed E-state index contributed by atoms with van der Waals surface area (Å²) in [6, 6.07) is 11.7. The molecule has 20 nitrogen and oxygen atoms in total. The second-order valence-electron chi connectivity index (χ2n) is 18.2. The Hall–Kier alpha value is -6.16. The number of carbonyl (C=O) groups is 2. The first-order chi connectivity index (χ1) is 35.5. The minimum Gasteiger partial charge on any atom is -0.495 e. The van der Waals surface area contributed by atoms with Crippen LogP contribution in [0.15, 0.2) is 48.8 Å². The topological polar surface area (TPSA) is 226 Å². The van der Waals surface area contributed by atoms with Crippen LogP contribution in [0.5, 0.6) is 11.5 Å². The molecule has 7 heterocycles. The molecule has 0 aliphatic carbocycles. The van der Waals surface area contributed by atoms with Crippen molar-refractivity contribution in [3.05, 3.63) is 70.0 Å². The summed E-state index contributed by atoms with van der Waals surface area (Å²) in [7, 11) is 4.93. The molecule has 22 heteroatoms. The van der Waals surface area contributed by atoms with E-state index in [4.69, 9.17) is 37.4 Å². The van der Waals surface area contributed by atoms with Crippen LogP contribution >= 0.6 is 23.2 Å². The molecular formula is C51H68Cl2N14O6. The van der Waals surface area contributed by atoms with E-state index in [-0.39, 0.29) is 18.4 Å². The van der Waals surface area contributed by atoms with E-state index >= 15 is 0 Å². The number of likely N-dealkylation sites (tertiary alicyclic amines) is 2. The largest absolute Gasteiger partial charge is 0.495 e. The lowest BCUT2D eigenvalue weighted by atomic mass is 10.0. The zero-order valence-electron chi connectivity index (χ0n) is 42.3. The number of benzene rings is 2.